The van der Waals surface area contributed by atoms with Crippen molar-refractivity contribution in [1.82, 2.24) is 9.97 Å². The van der Waals surface area contributed by atoms with Crippen LogP contribution in [0.1, 0.15) is 16.1 Å². The summed E-state index contributed by atoms with van der Waals surface area (Å²) in [6.45, 7) is 1.94. The molecule has 0 fully saturated rings. The first-order valence-corrected chi connectivity index (χ1v) is 8.19. The molecule has 6 heteroatoms. The molecule has 1 amide bonds. The van der Waals surface area contributed by atoms with Gasteiger partial charge in [0.2, 0.25) is 0 Å². The third-order valence-electron chi connectivity index (χ3n) is 3.02. The summed E-state index contributed by atoms with van der Waals surface area (Å²) in [6.07, 6.45) is 3.16. The van der Waals surface area contributed by atoms with Crippen molar-refractivity contribution < 1.29 is 4.79 Å². The number of carbonyl (C=O) groups excluding carboxylic acids is 1. The lowest BCUT2D eigenvalue weighted by atomic mass is 10.2. The Labute approximate surface area is 140 Å². The Hall–Kier alpha value is -2.05. The van der Waals surface area contributed by atoms with Gasteiger partial charge in [-0.2, -0.15) is 0 Å². The number of amides is 1. The number of pyridine rings is 1. The van der Waals surface area contributed by atoms with Crippen LogP contribution in [0.5, 0.6) is 0 Å². The smallest absolute Gasteiger partial charge is 0.259 e. The molecule has 4 nitrogen and oxygen atoms in total. The maximum atomic E-state index is 12.2. The number of carbonyl (C=O) groups is 1. The van der Waals surface area contributed by atoms with Crippen LogP contribution >= 0.6 is 27.3 Å². The highest BCUT2D eigenvalue weighted by molar-refractivity contribution is 9.10. The molecular weight excluding hydrogens is 362 g/mol. The SMILES string of the molecule is Cc1nc(NC(=O)c2cncc(Br)c2)sc1-c1ccccc1. The largest absolute Gasteiger partial charge is 0.298 e. The predicted molar refractivity (Wildman–Crippen MR) is 92.2 cm³/mol. The topological polar surface area (TPSA) is 54.9 Å². The van der Waals surface area contributed by atoms with E-state index in [9.17, 15) is 4.79 Å². The number of benzene rings is 1. The fourth-order valence-corrected chi connectivity index (χ4v) is 3.34. The summed E-state index contributed by atoms with van der Waals surface area (Å²) < 4.78 is 0.764. The minimum atomic E-state index is -0.220. The van der Waals surface area contributed by atoms with Gasteiger partial charge in [0, 0.05) is 16.9 Å². The van der Waals surface area contributed by atoms with E-state index in [1.165, 1.54) is 17.5 Å². The molecule has 3 rings (SSSR count). The molecular formula is C16H12BrN3OS. The van der Waals surface area contributed by atoms with E-state index in [-0.39, 0.29) is 5.91 Å². The average molecular weight is 374 g/mol. The van der Waals surface area contributed by atoms with Crippen LogP contribution in [0.25, 0.3) is 10.4 Å². The third kappa shape index (κ3) is 3.23. The molecule has 0 saturated heterocycles. The number of aryl methyl sites for hydroxylation is 1. The molecule has 0 aliphatic heterocycles. The zero-order chi connectivity index (χ0) is 15.5. The Balaban J connectivity index is 1.84. The number of nitrogens with one attached hydrogen (secondary N) is 1. The van der Waals surface area contributed by atoms with Gasteiger partial charge in [0.1, 0.15) is 0 Å². The maximum Gasteiger partial charge on any atom is 0.259 e. The first kappa shape index (κ1) is 14.9. The average Bonchev–Trinajstić information content (AvgIpc) is 2.88. The van der Waals surface area contributed by atoms with E-state index in [4.69, 9.17) is 0 Å². The molecule has 0 aliphatic carbocycles. The van der Waals surface area contributed by atoms with Crippen LogP contribution < -0.4 is 5.32 Å². The lowest BCUT2D eigenvalue weighted by Gasteiger charge is -2.01. The van der Waals surface area contributed by atoms with E-state index in [2.05, 4.69) is 31.2 Å². The number of nitrogens with zero attached hydrogens (tertiary/aromatic N) is 2. The Kier molecular flexibility index (Phi) is 4.31. The van der Waals surface area contributed by atoms with Gasteiger partial charge >= 0.3 is 0 Å². The van der Waals surface area contributed by atoms with Crippen molar-refractivity contribution in [1.29, 1.82) is 0 Å². The summed E-state index contributed by atoms with van der Waals surface area (Å²) >= 11 is 4.77. The van der Waals surface area contributed by atoms with Crippen LogP contribution in [0.3, 0.4) is 0 Å². The van der Waals surface area contributed by atoms with Crippen molar-refractivity contribution in [2.24, 2.45) is 0 Å². The van der Waals surface area contributed by atoms with E-state index in [1.54, 1.807) is 12.3 Å². The molecule has 3 aromatic rings. The first-order chi connectivity index (χ1) is 10.6. The molecule has 110 valence electrons. The van der Waals surface area contributed by atoms with Crippen molar-refractivity contribution in [3.63, 3.8) is 0 Å². The molecule has 1 aromatic carbocycles. The fraction of sp³-hybridized carbons (Fsp3) is 0.0625. The van der Waals surface area contributed by atoms with E-state index in [0.717, 1.165) is 20.6 Å². The van der Waals surface area contributed by atoms with Crippen molar-refractivity contribution in [2.75, 3.05) is 5.32 Å². The predicted octanol–water partition coefficient (Wildman–Crippen LogP) is 4.53. The molecule has 2 heterocycles. The molecule has 0 bridgehead atoms. The number of aromatic nitrogens is 2. The van der Waals surface area contributed by atoms with Gasteiger partial charge in [-0.15, -0.1) is 0 Å². The van der Waals surface area contributed by atoms with Gasteiger partial charge < -0.3 is 0 Å². The highest BCUT2D eigenvalue weighted by Crippen LogP contribution is 2.32. The number of hydrogen-bond donors (Lipinski definition) is 1. The number of thiazole rings is 1. The summed E-state index contributed by atoms with van der Waals surface area (Å²) in [4.78, 5) is 21.7. The summed E-state index contributed by atoms with van der Waals surface area (Å²) in [5.41, 5.74) is 2.49. The van der Waals surface area contributed by atoms with E-state index in [0.29, 0.717) is 10.7 Å². The van der Waals surface area contributed by atoms with Crippen molar-refractivity contribution in [3.05, 3.63) is 64.5 Å². The molecule has 2 aromatic heterocycles. The second-order valence-corrected chi connectivity index (χ2v) is 6.56. The van der Waals surface area contributed by atoms with E-state index in [1.807, 2.05) is 37.3 Å². The molecule has 0 spiro atoms. The number of hydrogen-bond acceptors (Lipinski definition) is 4. The molecule has 0 aliphatic rings. The van der Waals surface area contributed by atoms with E-state index < -0.39 is 0 Å². The summed E-state index contributed by atoms with van der Waals surface area (Å²) in [6, 6.07) is 11.7. The Bertz CT molecular complexity index is 817. The van der Waals surface area contributed by atoms with Crippen molar-refractivity contribution in [2.45, 2.75) is 6.92 Å². The number of rotatable bonds is 3. The maximum absolute atomic E-state index is 12.2. The number of halogens is 1. The summed E-state index contributed by atoms with van der Waals surface area (Å²) in [5, 5.41) is 3.41. The Morgan fingerprint density at radius 2 is 2.00 bits per heavy atom. The second kappa shape index (κ2) is 6.37. The minimum absolute atomic E-state index is 0.220. The molecule has 0 saturated carbocycles. The van der Waals surface area contributed by atoms with Crippen LogP contribution in [0.2, 0.25) is 0 Å². The third-order valence-corrected chi connectivity index (χ3v) is 4.58. The van der Waals surface area contributed by atoms with Gasteiger partial charge in [0.25, 0.3) is 5.91 Å². The number of anilines is 1. The van der Waals surface area contributed by atoms with Crippen molar-refractivity contribution >= 4 is 38.3 Å². The Morgan fingerprint density at radius 1 is 1.23 bits per heavy atom. The lowest BCUT2D eigenvalue weighted by molar-refractivity contribution is 0.102. The standard InChI is InChI=1S/C16H12BrN3OS/c1-10-14(11-5-3-2-4-6-11)22-16(19-10)20-15(21)12-7-13(17)9-18-8-12/h2-9H,1H3,(H,19,20,21). The second-order valence-electron chi connectivity index (χ2n) is 4.65. The monoisotopic (exact) mass is 373 g/mol. The summed E-state index contributed by atoms with van der Waals surface area (Å²) in [5.74, 6) is -0.220. The van der Waals surface area contributed by atoms with Gasteiger partial charge in [-0.05, 0) is 34.5 Å². The van der Waals surface area contributed by atoms with Crippen LogP contribution in [0.15, 0.2) is 53.3 Å². The molecule has 22 heavy (non-hydrogen) atoms. The zero-order valence-electron chi connectivity index (χ0n) is 11.7. The fourth-order valence-electron chi connectivity index (χ4n) is 2.01. The van der Waals surface area contributed by atoms with Gasteiger partial charge in [-0.1, -0.05) is 41.7 Å². The van der Waals surface area contributed by atoms with Gasteiger partial charge in [0.05, 0.1) is 16.1 Å². The highest BCUT2D eigenvalue weighted by Gasteiger charge is 2.13. The van der Waals surface area contributed by atoms with Crippen LogP contribution in [0, 0.1) is 6.92 Å². The van der Waals surface area contributed by atoms with E-state index >= 15 is 0 Å². The van der Waals surface area contributed by atoms with Crippen LogP contribution in [-0.4, -0.2) is 15.9 Å². The molecule has 0 radical (unpaired) electrons. The highest BCUT2D eigenvalue weighted by atomic mass is 79.9. The van der Waals surface area contributed by atoms with Crippen LogP contribution in [0.4, 0.5) is 5.13 Å². The van der Waals surface area contributed by atoms with Crippen molar-refractivity contribution in [3.8, 4) is 10.4 Å². The van der Waals surface area contributed by atoms with Gasteiger partial charge in [-0.3, -0.25) is 15.1 Å². The van der Waals surface area contributed by atoms with Gasteiger partial charge in [-0.25, -0.2) is 4.98 Å². The molecule has 1 N–H and O–H groups in total. The zero-order valence-corrected chi connectivity index (χ0v) is 14.1. The normalized spacial score (nSPS) is 10.5. The van der Waals surface area contributed by atoms with Gasteiger partial charge in [0.15, 0.2) is 5.13 Å². The van der Waals surface area contributed by atoms with Crippen LogP contribution in [-0.2, 0) is 0 Å². The molecule has 0 unspecified atom stereocenters. The summed E-state index contributed by atoms with van der Waals surface area (Å²) in [7, 11) is 0. The minimum Gasteiger partial charge on any atom is -0.298 e. The Morgan fingerprint density at radius 3 is 2.73 bits per heavy atom. The quantitative estimate of drug-likeness (QED) is 0.733. The molecule has 0 atom stereocenters. The first-order valence-electron chi connectivity index (χ1n) is 6.58. The lowest BCUT2D eigenvalue weighted by Crippen LogP contribution is -2.11.